The molecule has 2 heteroatoms. The topological polar surface area (TPSA) is 16.4 Å². The summed E-state index contributed by atoms with van der Waals surface area (Å²) >= 11 is 0. The maximum Gasteiger partial charge on any atom is 0.135 e. The molecule has 0 amide bonds. The standard InChI is InChI=1S/C52H35NO/c1-3-9-43-33-45(19-17-36(43)7-1)40-15-13-38(14-16-40)39-21-27-48(28-22-39)53(50-31-25-42(26-32-50)52-35-47-11-5-6-12-51(47)54-52)49-29-23-41(24-30-49)46-20-18-37-8-2-4-10-44(37)34-46/h1-35H. The van der Waals surface area contributed by atoms with Crippen molar-refractivity contribution in [2.24, 2.45) is 0 Å². The van der Waals surface area contributed by atoms with Gasteiger partial charge in [-0.05, 0) is 128 Å². The molecular formula is C52H35NO. The molecule has 9 aromatic carbocycles. The number of hydrogen-bond donors (Lipinski definition) is 0. The van der Waals surface area contributed by atoms with Gasteiger partial charge < -0.3 is 9.32 Å². The highest BCUT2D eigenvalue weighted by Crippen LogP contribution is 2.39. The fourth-order valence-electron chi connectivity index (χ4n) is 7.54. The third kappa shape index (κ3) is 6.00. The zero-order valence-electron chi connectivity index (χ0n) is 29.6. The molecule has 0 radical (unpaired) electrons. The van der Waals surface area contributed by atoms with Gasteiger partial charge in [-0.2, -0.15) is 0 Å². The predicted octanol–water partition coefficient (Wildman–Crippen LogP) is 14.9. The summed E-state index contributed by atoms with van der Waals surface area (Å²) in [5.41, 5.74) is 12.4. The van der Waals surface area contributed by atoms with Crippen LogP contribution in [0.3, 0.4) is 0 Å². The van der Waals surface area contributed by atoms with Gasteiger partial charge in [0.2, 0.25) is 0 Å². The van der Waals surface area contributed by atoms with Crippen molar-refractivity contribution in [2.75, 3.05) is 4.90 Å². The van der Waals surface area contributed by atoms with Crippen molar-refractivity contribution in [3.8, 4) is 44.7 Å². The van der Waals surface area contributed by atoms with Crippen LogP contribution in [-0.4, -0.2) is 0 Å². The Morgan fingerprint density at radius 3 is 1.07 bits per heavy atom. The first-order chi connectivity index (χ1) is 26.7. The summed E-state index contributed by atoms with van der Waals surface area (Å²) in [7, 11) is 0. The Kier molecular flexibility index (Phi) is 7.85. The highest BCUT2D eigenvalue weighted by Gasteiger charge is 2.15. The number of furan rings is 1. The summed E-state index contributed by atoms with van der Waals surface area (Å²) < 4.78 is 6.20. The predicted molar refractivity (Wildman–Crippen MR) is 228 cm³/mol. The quantitative estimate of drug-likeness (QED) is 0.166. The summed E-state index contributed by atoms with van der Waals surface area (Å²) in [4.78, 5) is 2.32. The minimum Gasteiger partial charge on any atom is -0.456 e. The molecule has 1 heterocycles. The van der Waals surface area contributed by atoms with E-state index in [1.165, 1.54) is 54.9 Å². The van der Waals surface area contributed by atoms with E-state index in [1.54, 1.807) is 0 Å². The van der Waals surface area contributed by atoms with E-state index in [-0.39, 0.29) is 0 Å². The Morgan fingerprint density at radius 2 is 0.611 bits per heavy atom. The molecule has 0 bridgehead atoms. The molecule has 0 fully saturated rings. The van der Waals surface area contributed by atoms with Gasteiger partial charge >= 0.3 is 0 Å². The van der Waals surface area contributed by atoms with Crippen molar-refractivity contribution in [3.63, 3.8) is 0 Å². The molecule has 10 aromatic rings. The van der Waals surface area contributed by atoms with E-state index < -0.39 is 0 Å². The van der Waals surface area contributed by atoms with E-state index in [0.29, 0.717) is 0 Å². The molecule has 54 heavy (non-hydrogen) atoms. The second-order valence-electron chi connectivity index (χ2n) is 13.8. The molecule has 1 aromatic heterocycles. The highest BCUT2D eigenvalue weighted by atomic mass is 16.3. The van der Waals surface area contributed by atoms with Crippen LogP contribution >= 0.6 is 0 Å². The highest BCUT2D eigenvalue weighted by molar-refractivity contribution is 5.90. The minimum absolute atomic E-state index is 0.866. The average Bonchev–Trinajstić information content (AvgIpc) is 3.69. The van der Waals surface area contributed by atoms with E-state index in [1.807, 2.05) is 18.2 Å². The lowest BCUT2D eigenvalue weighted by Crippen LogP contribution is -2.09. The molecule has 0 saturated carbocycles. The maximum atomic E-state index is 6.20. The second-order valence-corrected chi connectivity index (χ2v) is 13.8. The first kappa shape index (κ1) is 31.6. The van der Waals surface area contributed by atoms with Gasteiger partial charge in [-0.3, -0.25) is 0 Å². The van der Waals surface area contributed by atoms with Crippen LogP contribution in [0.15, 0.2) is 217 Å². The summed E-state index contributed by atoms with van der Waals surface area (Å²) in [6, 6.07) is 76.0. The van der Waals surface area contributed by atoms with Crippen LogP contribution in [0.1, 0.15) is 0 Å². The Morgan fingerprint density at radius 1 is 0.259 bits per heavy atom. The van der Waals surface area contributed by atoms with E-state index in [0.717, 1.165) is 39.4 Å². The van der Waals surface area contributed by atoms with Gasteiger partial charge in [-0.15, -0.1) is 0 Å². The molecular weight excluding hydrogens is 655 g/mol. The van der Waals surface area contributed by atoms with Crippen molar-refractivity contribution < 1.29 is 4.42 Å². The van der Waals surface area contributed by atoms with Gasteiger partial charge in [0.15, 0.2) is 0 Å². The first-order valence-corrected chi connectivity index (χ1v) is 18.4. The van der Waals surface area contributed by atoms with Gasteiger partial charge in [-0.25, -0.2) is 0 Å². The summed E-state index contributed by atoms with van der Waals surface area (Å²) in [6.45, 7) is 0. The zero-order valence-corrected chi connectivity index (χ0v) is 29.6. The summed E-state index contributed by atoms with van der Waals surface area (Å²) in [5, 5.41) is 6.11. The molecule has 0 spiro atoms. The van der Waals surface area contributed by atoms with Crippen LogP contribution in [0.5, 0.6) is 0 Å². The van der Waals surface area contributed by atoms with Gasteiger partial charge in [0.05, 0.1) is 0 Å². The van der Waals surface area contributed by atoms with Crippen molar-refractivity contribution in [1.82, 2.24) is 0 Å². The molecule has 0 aliphatic carbocycles. The van der Waals surface area contributed by atoms with Crippen LogP contribution in [0.4, 0.5) is 17.1 Å². The second kappa shape index (κ2) is 13.4. The smallest absolute Gasteiger partial charge is 0.135 e. The monoisotopic (exact) mass is 689 g/mol. The molecule has 0 saturated heterocycles. The Bertz CT molecular complexity index is 2870. The van der Waals surface area contributed by atoms with Crippen molar-refractivity contribution in [3.05, 3.63) is 212 Å². The third-order valence-corrected chi connectivity index (χ3v) is 10.5. The average molecular weight is 690 g/mol. The number of benzene rings is 9. The van der Waals surface area contributed by atoms with Gasteiger partial charge in [-0.1, -0.05) is 140 Å². The van der Waals surface area contributed by atoms with Crippen molar-refractivity contribution >= 4 is 49.6 Å². The Hall–Kier alpha value is -7.16. The van der Waals surface area contributed by atoms with Crippen LogP contribution in [-0.2, 0) is 0 Å². The maximum absolute atomic E-state index is 6.20. The van der Waals surface area contributed by atoms with E-state index in [4.69, 9.17) is 4.42 Å². The number of rotatable bonds is 7. The van der Waals surface area contributed by atoms with Crippen LogP contribution in [0.25, 0.3) is 77.2 Å². The molecule has 2 nitrogen and oxygen atoms in total. The molecule has 0 N–H and O–H groups in total. The van der Waals surface area contributed by atoms with Crippen molar-refractivity contribution in [2.45, 2.75) is 0 Å². The number of fused-ring (bicyclic) bond motifs is 3. The zero-order chi connectivity index (χ0) is 35.8. The molecule has 0 aliphatic rings. The fourth-order valence-corrected chi connectivity index (χ4v) is 7.54. The number of para-hydroxylation sites is 1. The first-order valence-electron chi connectivity index (χ1n) is 18.4. The van der Waals surface area contributed by atoms with Gasteiger partial charge in [0, 0.05) is 28.0 Å². The fraction of sp³-hybridized carbons (Fsp3) is 0. The normalized spacial score (nSPS) is 11.3. The van der Waals surface area contributed by atoms with E-state index >= 15 is 0 Å². The van der Waals surface area contributed by atoms with E-state index in [2.05, 4.69) is 199 Å². The SMILES string of the molecule is c1ccc2cc(-c3ccc(-c4ccc(N(c5ccc(-c6ccc7ccccc7c6)cc5)c5ccc(-c6cc7ccccc7o6)cc5)cc4)cc3)ccc2c1. The summed E-state index contributed by atoms with van der Waals surface area (Å²) in [6.07, 6.45) is 0. The van der Waals surface area contributed by atoms with E-state index in [9.17, 15) is 0 Å². The molecule has 254 valence electrons. The van der Waals surface area contributed by atoms with Gasteiger partial charge in [0.25, 0.3) is 0 Å². The van der Waals surface area contributed by atoms with Gasteiger partial charge in [0.1, 0.15) is 11.3 Å². The molecule has 10 rings (SSSR count). The molecule has 0 unspecified atom stereocenters. The third-order valence-electron chi connectivity index (χ3n) is 10.5. The summed E-state index contributed by atoms with van der Waals surface area (Å²) in [5.74, 6) is 0.866. The van der Waals surface area contributed by atoms with Crippen molar-refractivity contribution in [1.29, 1.82) is 0 Å². The number of hydrogen-bond acceptors (Lipinski definition) is 2. The lowest BCUT2D eigenvalue weighted by Gasteiger charge is -2.26. The number of anilines is 3. The molecule has 0 atom stereocenters. The minimum atomic E-state index is 0.866. The van der Waals surface area contributed by atoms with Crippen LogP contribution < -0.4 is 4.90 Å². The number of nitrogens with zero attached hydrogens (tertiary/aromatic N) is 1. The Balaban J connectivity index is 0.975. The molecule has 0 aliphatic heterocycles. The van der Waals surface area contributed by atoms with Crippen LogP contribution in [0.2, 0.25) is 0 Å². The Labute approximate surface area is 314 Å². The lowest BCUT2D eigenvalue weighted by atomic mass is 9.98. The largest absolute Gasteiger partial charge is 0.456 e. The van der Waals surface area contributed by atoms with Crippen LogP contribution in [0, 0.1) is 0 Å². The lowest BCUT2D eigenvalue weighted by molar-refractivity contribution is 0.631.